The van der Waals surface area contributed by atoms with E-state index < -0.39 is 0 Å². The van der Waals surface area contributed by atoms with Crippen LogP contribution in [-0.4, -0.2) is 32.5 Å². The monoisotopic (exact) mass is 336 g/mol. The van der Waals surface area contributed by atoms with Crippen molar-refractivity contribution in [3.63, 3.8) is 0 Å². The number of nitrogens with zero attached hydrogens (tertiary/aromatic N) is 3. The van der Waals surface area contributed by atoms with Crippen molar-refractivity contribution in [2.45, 2.75) is 57.7 Å². The highest BCUT2D eigenvalue weighted by Gasteiger charge is 2.44. The molecule has 1 saturated heterocycles. The number of carbonyl (C=O) groups excluding carboxylic acids is 1. The molecule has 0 radical (unpaired) electrons. The average Bonchev–Trinajstić information content (AvgIpc) is 2.89. The van der Waals surface area contributed by atoms with Crippen molar-refractivity contribution in [1.29, 1.82) is 0 Å². The number of carbonyl (C=O) groups is 1. The van der Waals surface area contributed by atoms with E-state index in [1.54, 1.807) is 0 Å². The highest BCUT2D eigenvalue weighted by Crippen LogP contribution is 2.43. The largest absolute Gasteiger partial charge is 0.333 e. The van der Waals surface area contributed by atoms with E-state index in [0.717, 1.165) is 41.9 Å². The molecule has 4 rings (SSSR count). The van der Waals surface area contributed by atoms with Crippen molar-refractivity contribution in [1.82, 2.24) is 20.2 Å². The molecule has 5 nitrogen and oxygen atoms in total. The van der Waals surface area contributed by atoms with Gasteiger partial charge in [-0.2, -0.15) is 0 Å². The van der Waals surface area contributed by atoms with Crippen LogP contribution in [0, 0.1) is 0 Å². The fourth-order valence-corrected chi connectivity index (χ4v) is 3.90. The molecule has 2 aliphatic heterocycles. The first-order valence-electron chi connectivity index (χ1n) is 8.94. The lowest BCUT2D eigenvalue weighted by atomic mass is 9.99. The van der Waals surface area contributed by atoms with Crippen molar-refractivity contribution >= 4 is 6.03 Å². The summed E-state index contributed by atoms with van der Waals surface area (Å²) in [4.78, 5) is 24.2. The second-order valence-corrected chi connectivity index (χ2v) is 8.00. The Hall–Kier alpha value is -2.43. The maximum Gasteiger partial charge on any atom is 0.318 e. The molecule has 2 aliphatic rings. The van der Waals surface area contributed by atoms with Gasteiger partial charge in [-0.25, -0.2) is 14.8 Å². The van der Waals surface area contributed by atoms with Gasteiger partial charge in [0.1, 0.15) is 0 Å². The number of benzene rings is 1. The highest BCUT2D eigenvalue weighted by atomic mass is 16.2. The predicted octanol–water partition coefficient (Wildman–Crippen LogP) is 3.71. The Labute approximate surface area is 148 Å². The Balaban J connectivity index is 1.64. The fraction of sp³-hybridized carbons (Fsp3) is 0.450. The van der Waals surface area contributed by atoms with Gasteiger partial charge >= 0.3 is 6.03 Å². The van der Waals surface area contributed by atoms with E-state index in [9.17, 15) is 4.79 Å². The standard InChI is InChI=1S/C20H24N4O/c1-20(2,3)23-19(25)24-14-9-10-17(24)15-12-21-18(22-16(15)11-14)13-7-5-4-6-8-13/h4-8,12,14,17H,9-11H2,1-3H3,(H,23,25)/t14-,17+/m0/s1. The second kappa shape index (κ2) is 5.83. The molecule has 5 heteroatoms. The van der Waals surface area contributed by atoms with E-state index in [2.05, 4.69) is 10.3 Å². The lowest BCUT2D eigenvalue weighted by Crippen LogP contribution is -2.52. The van der Waals surface area contributed by atoms with E-state index in [0.29, 0.717) is 0 Å². The SMILES string of the molecule is CC(C)(C)NC(=O)N1[C@H]2CC[C@@H]1c1cnc(-c3ccccc3)nc1C2. The van der Waals surface area contributed by atoms with E-state index in [-0.39, 0.29) is 23.7 Å². The molecule has 1 fully saturated rings. The molecule has 1 aromatic carbocycles. The smallest absolute Gasteiger partial charge is 0.318 e. The Morgan fingerprint density at radius 1 is 1.20 bits per heavy atom. The zero-order valence-corrected chi connectivity index (χ0v) is 15.0. The van der Waals surface area contributed by atoms with Gasteiger partial charge in [-0.15, -0.1) is 0 Å². The van der Waals surface area contributed by atoms with Crippen LogP contribution in [0.25, 0.3) is 11.4 Å². The Bertz CT molecular complexity index is 797. The molecular weight excluding hydrogens is 312 g/mol. The van der Waals surface area contributed by atoms with Crippen LogP contribution in [0.15, 0.2) is 36.5 Å². The van der Waals surface area contributed by atoms with Crippen molar-refractivity contribution < 1.29 is 4.79 Å². The number of urea groups is 1. The number of hydrogen-bond acceptors (Lipinski definition) is 3. The molecule has 0 spiro atoms. The molecule has 25 heavy (non-hydrogen) atoms. The summed E-state index contributed by atoms with van der Waals surface area (Å²) in [5, 5.41) is 3.10. The molecular formula is C20H24N4O. The summed E-state index contributed by atoms with van der Waals surface area (Å²) in [7, 11) is 0. The second-order valence-electron chi connectivity index (χ2n) is 8.00. The van der Waals surface area contributed by atoms with Gasteiger partial charge in [0.25, 0.3) is 0 Å². The topological polar surface area (TPSA) is 58.1 Å². The molecule has 1 N–H and O–H groups in total. The summed E-state index contributed by atoms with van der Waals surface area (Å²) in [5.41, 5.74) is 3.01. The predicted molar refractivity (Wildman–Crippen MR) is 97.1 cm³/mol. The third-order valence-electron chi connectivity index (χ3n) is 4.94. The van der Waals surface area contributed by atoms with Crippen molar-refractivity contribution in [3.8, 4) is 11.4 Å². The van der Waals surface area contributed by atoms with Crippen LogP contribution < -0.4 is 5.32 Å². The van der Waals surface area contributed by atoms with Gasteiger partial charge in [0.2, 0.25) is 0 Å². The van der Waals surface area contributed by atoms with Gasteiger partial charge < -0.3 is 10.2 Å². The Morgan fingerprint density at radius 3 is 2.68 bits per heavy atom. The van der Waals surface area contributed by atoms with Crippen LogP contribution in [0.4, 0.5) is 4.79 Å². The molecule has 2 aromatic rings. The maximum absolute atomic E-state index is 12.7. The third kappa shape index (κ3) is 2.99. The third-order valence-corrected chi connectivity index (χ3v) is 4.94. The normalized spacial score (nSPS) is 21.8. The highest BCUT2D eigenvalue weighted by molar-refractivity contribution is 5.77. The molecule has 3 heterocycles. The molecule has 1 aromatic heterocycles. The average molecular weight is 336 g/mol. The molecule has 0 saturated carbocycles. The molecule has 0 aliphatic carbocycles. The Morgan fingerprint density at radius 2 is 1.96 bits per heavy atom. The number of amides is 2. The van der Waals surface area contributed by atoms with Crippen LogP contribution in [0.5, 0.6) is 0 Å². The van der Waals surface area contributed by atoms with Crippen molar-refractivity contribution in [2.75, 3.05) is 0 Å². The maximum atomic E-state index is 12.7. The zero-order valence-electron chi connectivity index (χ0n) is 15.0. The van der Waals surface area contributed by atoms with Crippen LogP contribution in [0.3, 0.4) is 0 Å². The van der Waals surface area contributed by atoms with E-state index in [1.165, 1.54) is 0 Å². The summed E-state index contributed by atoms with van der Waals surface area (Å²) < 4.78 is 0. The number of aromatic nitrogens is 2. The van der Waals surface area contributed by atoms with Crippen molar-refractivity contribution in [2.24, 2.45) is 0 Å². The van der Waals surface area contributed by atoms with Gasteiger partial charge in [0, 0.05) is 35.3 Å². The summed E-state index contributed by atoms with van der Waals surface area (Å²) in [6, 6.07) is 10.4. The van der Waals surface area contributed by atoms with Crippen LogP contribution >= 0.6 is 0 Å². The van der Waals surface area contributed by atoms with E-state index in [1.807, 2.05) is 62.2 Å². The zero-order chi connectivity index (χ0) is 17.6. The van der Waals surface area contributed by atoms with Gasteiger partial charge in [-0.1, -0.05) is 30.3 Å². The number of fused-ring (bicyclic) bond motifs is 4. The molecule has 130 valence electrons. The number of rotatable bonds is 1. The lowest BCUT2D eigenvalue weighted by Gasteiger charge is -2.37. The van der Waals surface area contributed by atoms with E-state index in [4.69, 9.17) is 4.98 Å². The first-order valence-corrected chi connectivity index (χ1v) is 8.94. The number of nitrogens with one attached hydrogen (secondary N) is 1. The van der Waals surface area contributed by atoms with Gasteiger partial charge in [0.15, 0.2) is 5.82 Å². The molecule has 2 bridgehead atoms. The summed E-state index contributed by atoms with van der Waals surface area (Å²) in [6.45, 7) is 6.04. The number of hydrogen-bond donors (Lipinski definition) is 1. The molecule has 2 atom stereocenters. The van der Waals surface area contributed by atoms with Crippen LogP contribution in [-0.2, 0) is 6.42 Å². The molecule has 2 amide bonds. The van der Waals surface area contributed by atoms with E-state index >= 15 is 0 Å². The van der Waals surface area contributed by atoms with Crippen molar-refractivity contribution in [3.05, 3.63) is 47.8 Å². The fourth-order valence-electron chi connectivity index (χ4n) is 3.90. The van der Waals surface area contributed by atoms with Crippen LogP contribution in [0.1, 0.15) is 50.9 Å². The minimum Gasteiger partial charge on any atom is -0.333 e. The van der Waals surface area contributed by atoms with Gasteiger partial charge in [0.05, 0.1) is 11.7 Å². The summed E-state index contributed by atoms with van der Waals surface area (Å²) in [6.07, 6.45) is 4.75. The van der Waals surface area contributed by atoms with Gasteiger partial charge in [-0.3, -0.25) is 0 Å². The van der Waals surface area contributed by atoms with Gasteiger partial charge in [-0.05, 0) is 33.6 Å². The first-order chi connectivity index (χ1) is 11.9. The summed E-state index contributed by atoms with van der Waals surface area (Å²) in [5.74, 6) is 0.770. The lowest BCUT2D eigenvalue weighted by molar-refractivity contribution is 0.157. The Kier molecular flexibility index (Phi) is 3.74. The van der Waals surface area contributed by atoms with Crippen LogP contribution in [0.2, 0.25) is 0 Å². The molecule has 0 unspecified atom stereocenters. The quantitative estimate of drug-likeness (QED) is 0.863. The first kappa shape index (κ1) is 16.1. The minimum absolute atomic E-state index is 0.0257. The summed E-state index contributed by atoms with van der Waals surface area (Å²) >= 11 is 0. The minimum atomic E-state index is -0.232.